The highest BCUT2D eigenvalue weighted by molar-refractivity contribution is 6.05. The number of carbonyl (C=O) groups excluding carboxylic acids is 1. The number of rotatable bonds is 5. The standard InChI is InChI=1S/C23H28FN5O2/c1-14(2)29-22-19(13-26-29)18(10-15(3)27-22)23(31)25-12-16-4-5-21(20(24)11-16)28-8-6-17(30)7-9-28/h4-5,10-11,13-14,17,30H,6-9,12H2,1-3H3,(H,25,31). The molecular formula is C23H28FN5O2. The first kappa shape index (κ1) is 21.2. The van der Waals surface area contributed by atoms with Gasteiger partial charge in [0.15, 0.2) is 5.65 Å². The lowest BCUT2D eigenvalue weighted by Crippen LogP contribution is -2.36. The van der Waals surface area contributed by atoms with Crippen molar-refractivity contribution < 1.29 is 14.3 Å². The van der Waals surface area contributed by atoms with Gasteiger partial charge in [0.1, 0.15) is 5.82 Å². The van der Waals surface area contributed by atoms with E-state index in [-0.39, 0.29) is 30.4 Å². The van der Waals surface area contributed by atoms with Crippen LogP contribution in [0.1, 0.15) is 54.3 Å². The third-order valence-corrected chi connectivity index (χ3v) is 5.70. The Balaban J connectivity index is 1.48. The average Bonchev–Trinajstić information content (AvgIpc) is 3.16. The van der Waals surface area contributed by atoms with E-state index >= 15 is 0 Å². The van der Waals surface area contributed by atoms with E-state index in [0.717, 1.165) is 5.69 Å². The summed E-state index contributed by atoms with van der Waals surface area (Å²) >= 11 is 0. The van der Waals surface area contributed by atoms with Gasteiger partial charge >= 0.3 is 0 Å². The number of aromatic nitrogens is 3. The summed E-state index contributed by atoms with van der Waals surface area (Å²) in [6.07, 6.45) is 2.65. The van der Waals surface area contributed by atoms with E-state index in [1.165, 1.54) is 6.07 Å². The molecule has 3 aromatic rings. The first-order chi connectivity index (χ1) is 14.8. The fourth-order valence-electron chi connectivity index (χ4n) is 4.01. The number of pyridine rings is 1. The molecule has 1 amide bonds. The Kier molecular flexibility index (Phi) is 5.91. The summed E-state index contributed by atoms with van der Waals surface area (Å²) in [5, 5.41) is 17.6. The Labute approximate surface area is 180 Å². The Morgan fingerprint density at radius 2 is 2.03 bits per heavy atom. The van der Waals surface area contributed by atoms with E-state index in [2.05, 4.69) is 15.4 Å². The molecule has 4 rings (SSSR count). The Morgan fingerprint density at radius 1 is 1.29 bits per heavy atom. The van der Waals surface area contributed by atoms with Crippen LogP contribution in [0.5, 0.6) is 0 Å². The Hall–Kier alpha value is -3.00. The van der Waals surface area contributed by atoms with Crippen LogP contribution in [0, 0.1) is 12.7 Å². The van der Waals surface area contributed by atoms with Gasteiger partial charge in [-0.1, -0.05) is 6.07 Å². The van der Waals surface area contributed by atoms with Crippen LogP contribution >= 0.6 is 0 Å². The van der Waals surface area contributed by atoms with Crippen LogP contribution in [-0.4, -0.2) is 45.0 Å². The minimum absolute atomic E-state index is 0.132. The molecule has 7 nitrogen and oxygen atoms in total. The lowest BCUT2D eigenvalue weighted by Gasteiger charge is -2.31. The number of aliphatic hydroxyl groups is 1. The maximum atomic E-state index is 14.7. The molecule has 164 valence electrons. The maximum Gasteiger partial charge on any atom is 0.252 e. The minimum Gasteiger partial charge on any atom is -0.393 e. The zero-order chi connectivity index (χ0) is 22.1. The van der Waals surface area contributed by atoms with Crippen LogP contribution in [0.4, 0.5) is 10.1 Å². The topological polar surface area (TPSA) is 83.3 Å². The van der Waals surface area contributed by atoms with Gasteiger partial charge < -0.3 is 15.3 Å². The summed E-state index contributed by atoms with van der Waals surface area (Å²) < 4.78 is 16.5. The molecule has 0 bridgehead atoms. The number of hydrogen-bond acceptors (Lipinski definition) is 5. The highest BCUT2D eigenvalue weighted by Crippen LogP contribution is 2.25. The molecule has 0 saturated carbocycles. The number of benzene rings is 1. The van der Waals surface area contributed by atoms with Crippen LogP contribution < -0.4 is 10.2 Å². The van der Waals surface area contributed by atoms with Crippen molar-refractivity contribution in [3.05, 3.63) is 53.1 Å². The molecule has 1 aliphatic heterocycles. The van der Waals surface area contributed by atoms with Crippen LogP contribution in [0.25, 0.3) is 11.0 Å². The summed E-state index contributed by atoms with van der Waals surface area (Å²) in [6.45, 7) is 7.36. The average molecular weight is 426 g/mol. The van der Waals surface area contributed by atoms with E-state index in [1.807, 2.05) is 31.7 Å². The van der Waals surface area contributed by atoms with E-state index in [1.54, 1.807) is 23.0 Å². The van der Waals surface area contributed by atoms with Crippen molar-refractivity contribution in [2.45, 2.75) is 52.3 Å². The molecule has 31 heavy (non-hydrogen) atoms. The molecule has 1 fully saturated rings. The number of piperidine rings is 1. The lowest BCUT2D eigenvalue weighted by atomic mass is 10.1. The summed E-state index contributed by atoms with van der Waals surface area (Å²) in [6, 6.07) is 6.92. The van der Waals surface area contributed by atoms with Gasteiger partial charge in [-0.15, -0.1) is 0 Å². The third-order valence-electron chi connectivity index (χ3n) is 5.70. The zero-order valence-corrected chi connectivity index (χ0v) is 18.1. The quantitative estimate of drug-likeness (QED) is 0.655. The van der Waals surface area contributed by atoms with Gasteiger partial charge in [-0.25, -0.2) is 14.1 Å². The largest absolute Gasteiger partial charge is 0.393 e. The highest BCUT2D eigenvalue weighted by atomic mass is 19.1. The summed E-state index contributed by atoms with van der Waals surface area (Å²) in [4.78, 5) is 19.4. The van der Waals surface area contributed by atoms with Crippen LogP contribution in [0.3, 0.4) is 0 Å². The number of nitrogens with zero attached hydrogens (tertiary/aromatic N) is 4. The predicted octanol–water partition coefficient (Wildman–Crippen LogP) is 3.35. The van der Waals surface area contributed by atoms with E-state index in [0.29, 0.717) is 53.8 Å². The van der Waals surface area contributed by atoms with Crippen molar-refractivity contribution in [2.24, 2.45) is 0 Å². The number of halogens is 1. The number of nitrogens with one attached hydrogen (secondary N) is 1. The smallest absolute Gasteiger partial charge is 0.252 e. The number of anilines is 1. The van der Waals surface area contributed by atoms with Gasteiger partial charge in [-0.2, -0.15) is 5.10 Å². The normalized spacial score (nSPS) is 15.1. The van der Waals surface area contributed by atoms with Gasteiger partial charge in [-0.05, 0) is 57.4 Å². The van der Waals surface area contributed by atoms with Crippen molar-refractivity contribution in [1.29, 1.82) is 0 Å². The first-order valence-corrected chi connectivity index (χ1v) is 10.7. The molecule has 0 aliphatic carbocycles. The number of hydrogen-bond donors (Lipinski definition) is 2. The lowest BCUT2D eigenvalue weighted by molar-refractivity contribution is 0.0952. The van der Waals surface area contributed by atoms with Gasteiger partial charge in [0.25, 0.3) is 5.91 Å². The molecule has 0 unspecified atom stereocenters. The second-order valence-corrected chi connectivity index (χ2v) is 8.42. The molecule has 0 atom stereocenters. The molecule has 0 radical (unpaired) electrons. The van der Waals surface area contributed by atoms with Crippen LogP contribution in [0.15, 0.2) is 30.5 Å². The number of amides is 1. The van der Waals surface area contributed by atoms with E-state index < -0.39 is 0 Å². The van der Waals surface area contributed by atoms with Crippen LogP contribution in [0.2, 0.25) is 0 Å². The molecule has 8 heteroatoms. The summed E-state index contributed by atoms with van der Waals surface area (Å²) in [5.41, 5.74) is 3.16. The molecule has 2 aromatic heterocycles. The minimum atomic E-state index is -0.316. The monoisotopic (exact) mass is 425 g/mol. The number of aliphatic hydroxyl groups excluding tert-OH is 1. The fourth-order valence-corrected chi connectivity index (χ4v) is 4.01. The number of fused-ring (bicyclic) bond motifs is 1. The molecule has 1 saturated heterocycles. The van der Waals surface area contributed by atoms with Crippen molar-refractivity contribution in [3.63, 3.8) is 0 Å². The van der Waals surface area contributed by atoms with Gasteiger partial charge in [0, 0.05) is 31.4 Å². The molecule has 2 N–H and O–H groups in total. The van der Waals surface area contributed by atoms with Crippen molar-refractivity contribution >= 4 is 22.6 Å². The summed E-state index contributed by atoms with van der Waals surface area (Å²) in [7, 11) is 0. The zero-order valence-electron chi connectivity index (χ0n) is 18.1. The van der Waals surface area contributed by atoms with Gasteiger partial charge in [0.05, 0.1) is 28.9 Å². The van der Waals surface area contributed by atoms with Gasteiger partial charge in [-0.3, -0.25) is 4.79 Å². The number of aryl methyl sites for hydroxylation is 1. The summed E-state index contributed by atoms with van der Waals surface area (Å²) in [5.74, 6) is -0.559. The van der Waals surface area contributed by atoms with Crippen molar-refractivity contribution in [1.82, 2.24) is 20.1 Å². The maximum absolute atomic E-state index is 14.7. The Morgan fingerprint density at radius 3 is 2.71 bits per heavy atom. The number of carbonyl (C=O) groups is 1. The van der Waals surface area contributed by atoms with Gasteiger partial charge in [0.2, 0.25) is 0 Å². The first-order valence-electron chi connectivity index (χ1n) is 10.7. The molecule has 1 aliphatic rings. The second kappa shape index (κ2) is 8.63. The fraction of sp³-hybridized carbons (Fsp3) is 0.435. The van der Waals surface area contributed by atoms with E-state index in [4.69, 9.17) is 0 Å². The molecular weight excluding hydrogens is 397 g/mol. The molecule has 0 spiro atoms. The predicted molar refractivity (Wildman–Crippen MR) is 118 cm³/mol. The second-order valence-electron chi connectivity index (χ2n) is 8.42. The molecule has 1 aromatic carbocycles. The van der Waals surface area contributed by atoms with Crippen molar-refractivity contribution in [3.8, 4) is 0 Å². The van der Waals surface area contributed by atoms with E-state index in [9.17, 15) is 14.3 Å². The highest BCUT2D eigenvalue weighted by Gasteiger charge is 2.20. The SMILES string of the molecule is Cc1cc(C(=O)NCc2ccc(N3CCC(O)CC3)c(F)c2)c2cnn(C(C)C)c2n1. The van der Waals surface area contributed by atoms with Crippen molar-refractivity contribution in [2.75, 3.05) is 18.0 Å². The third kappa shape index (κ3) is 4.39. The molecule has 3 heterocycles. The van der Waals surface area contributed by atoms with Crippen LogP contribution in [-0.2, 0) is 6.54 Å². The Bertz CT molecular complexity index is 1100.